The van der Waals surface area contributed by atoms with Crippen LogP contribution in [0.15, 0.2) is 84.9 Å². The summed E-state index contributed by atoms with van der Waals surface area (Å²) >= 11 is 1.38. The molecule has 0 radical (unpaired) electrons. The van der Waals surface area contributed by atoms with Crippen molar-refractivity contribution in [1.82, 2.24) is 10.3 Å². The van der Waals surface area contributed by atoms with E-state index in [2.05, 4.69) is 46.7 Å². The number of fused-ring (bicyclic) bond motifs is 1. The summed E-state index contributed by atoms with van der Waals surface area (Å²) < 4.78 is 0. The first-order valence-corrected chi connectivity index (χ1v) is 12.1. The van der Waals surface area contributed by atoms with Crippen molar-refractivity contribution in [2.45, 2.75) is 12.3 Å². The molecule has 6 heteroatoms. The number of aromatic nitrogens is 1. The first-order valence-electron chi connectivity index (χ1n) is 11.0. The summed E-state index contributed by atoms with van der Waals surface area (Å²) in [5, 5.41) is 4.27. The summed E-state index contributed by atoms with van der Waals surface area (Å²) in [6, 6.07) is 28.9. The number of H-pyrrole nitrogens is 1. The van der Waals surface area contributed by atoms with E-state index in [1.807, 2.05) is 48.5 Å². The maximum absolute atomic E-state index is 12.6. The first-order chi connectivity index (χ1) is 16.1. The number of thioether (sulfide) groups is 1. The minimum absolute atomic E-state index is 0.0280. The SMILES string of the molecule is NC(=O)CSCCC(=O)NC[C@@H](c1ccccc1)c1c(-c2ccccc2)[nH]c2ccccc12. The van der Waals surface area contributed by atoms with Crippen LogP contribution >= 0.6 is 11.8 Å². The molecule has 5 nitrogen and oxygen atoms in total. The summed E-state index contributed by atoms with van der Waals surface area (Å²) in [4.78, 5) is 27.1. The van der Waals surface area contributed by atoms with Crippen LogP contribution in [0, 0.1) is 0 Å². The van der Waals surface area contributed by atoms with Crippen molar-refractivity contribution in [3.63, 3.8) is 0 Å². The Bertz CT molecular complexity index is 1220. The molecular weight excluding hydrogens is 430 g/mol. The molecule has 0 bridgehead atoms. The van der Waals surface area contributed by atoms with Crippen LogP contribution in [0.2, 0.25) is 0 Å². The molecule has 0 aliphatic heterocycles. The lowest BCUT2D eigenvalue weighted by atomic mass is 9.87. The third-order valence-corrected chi connectivity index (χ3v) is 6.56. The number of amides is 2. The number of para-hydroxylation sites is 1. The molecule has 3 aromatic carbocycles. The van der Waals surface area contributed by atoms with Gasteiger partial charge in [-0.3, -0.25) is 9.59 Å². The third kappa shape index (κ3) is 5.65. The largest absolute Gasteiger partial charge is 0.369 e. The highest BCUT2D eigenvalue weighted by Crippen LogP contribution is 2.38. The maximum atomic E-state index is 12.6. The van der Waals surface area contributed by atoms with Gasteiger partial charge in [-0.25, -0.2) is 0 Å². The van der Waals surface area contributed by atoms with E-state index >= 15 is 0 Å². The predicted molar refractivity (Wildman–Crippen MR) is 136 cm³/mol. The molecule has 0 unspecified atom stereocenters. The highest BCUT2D eigenvalue weighted by Gasteiger charge is 2.23. The van der Waals surface area contributed by atoms with Gasteiger partial charge in [0.1, 0.15) is 0 Å². The van der Waals surface area contributed by atoms with Gasteiger partial charge < -0.3 is 16.0 Å². The molecule has 4 N–H and O–H groups in total. The standard InChI is InChI=1S/C27H27N3O2S/c28-24(31)18-33-16-15-25(32)29-17-22(19-9-3-1-4-10-19)26-21-13-7-8-14-23(21)30-27(26)20-11-5-2-6-12-20/h1-14,22,30H,15-18H2,(H2,28,31)(H,29,32)/t22-/m0/s1. The molecule has 4 rings (SSSR count). The van der Waals surface area contributed by atoms with Crippen molar-refractivity contribution in [1.29, 1.82) is 0 Å². The van der Waals surface area contributed by atoms with Gasteiger partial charge >= 0.3 is 0 Å². The Morgan fingerprint density at radius 3 is 2.30 bits per heavy atom. The van der Waals surface area contributed by atoms with E-state index in [0.29, 0.717) is 18.7 Å². The normalized spacial score (nSPS) is 11.9. The second-order valence-electron chi connectivity index (χ2n) is 7.86. The molecule has 0 fully saturated rings. The van der Waals surface area contributed by atoms with Crippen molar-refractivity contribution < 1.29 is 9.59 Å². The summed E-state index contributed by atoms with van der Waals surface area (Å²) in [6.45, 7) is 0.477. The number of nitrogens with one attached hydrogen (secondary N) is 2. The van der Waals surface area contributed by atoms with Crippen LogP contribution in [-0.2, 0) is 9.59 Å². The Morgan fingerprint density at radius 1 is 0.909 bits per heavy atom. The Morgan fingerprint density at radius 2 is 1.58 bits per heavy atom. The molecule has 168 valence electrons. The third-order valence-electron chi connectivity index (χ3n) is 5.58. The Labute approximate surface area is 197 Å². The molecule has 0 aliphatic rings. The van der Waals surface area contributed by atoms with Crippen LogP contribution in [0.4, 0.5) is 0 Å². The average Bonchev–Trinajstić information content (AvgIpc) is 3.23. The number of nitrogens with two attached hydrogens (primary N) is 1. The molecule has 0 aliphatic carbocycles. The second-order valence-corrected chi connectivity index (χ2v) is 8.97. The summed E-state index contributed by atoms with van der Waals surface area (Å²) in [6.07, 6.45) is 0.346. The Hall–Kier alpha value is -3.51. The fourth-order valence-electron chi connectivity index (χ4n) is 4.07. The van der Waals surface area contributed by atoms with Crippen molar-refractivity contribution in [3.05, 3.63) is 96.1 Å². The van der Waals surface area contributed by atoms with Gasteiger partial charge in [-0.2, -0.15) is 11.8 Å². The average molecular weight is 458 g/mol. The second kappa shape index (κ2) is 10.9. The number of hydrogen-bond donors (Lipinski definition) is 3. The lowest BCUT2D eigenvalue weighted by molar-refractivity contribution is -0.120. The van der Waals surface area contributed by atoms with Crippen LogP contribution in [0.5, 0.6) is 0 Å². The highest BCUT2D eigenvalue weighted by molar-refractivity contribution is 7.99. The molecule has 1 aromatic heterocycles. The molecule has 33 heavy (non-hydrogen) atoms. The van der Waals surface area contributed by atoms with Crippen LogP contribution in [0.1, 0.15) is 23.5 Å². The fraction of sp³-hybridized carbons (Fsp3) is 0.185. The lowest BCUT2D eigenvalue weighted by Gasteiger charge is -2.20. The molecule has 4 aromatic rings. The molecule has 1 heterocycles. The minimum atomic E-state index is -0.364. The van der Waals surface area contributed by atoms with Gasteiger partial charge in [0, 0.05) is 35.5 Å². The fourth-order valence-corrected chi connectivity index (χ4v) is 4.75. The van der Waals surface area contributed by atoms with E-state index in [1.54, 1.807) is 0 Å². The predicted octanol–water partition coefficient (Wildman–Crippen LogP) is 4.69. The van der Waals surface area contributed by atoms with Crippen LogP contribution in [-0.4, -0.2) is 34.8 Å². The van der Waals surface area contributed by atoms with Gasteiger partial charge in [0.2, 0.25) is 11.8 Å². The number of hydrogen-bond acceptors (Lipinski definition) is 3. The molecule has 0 saturated carbocycles. The number of primary amides is 1. The number of carbonyl (C=O) groups excluding carboxylic acids is 2. The molecule has 0 spiro atoms. The topological polar surface area (TPSA) is 88.0 Å². The van der Waals surface area contributed by atoms with Crippen molar-refractivity contribution in [3.8, 4) is 11.3 Å². The van der Waals surface area contributed by atoms with Crippen LogP contribution < -0.4 is 11.1 Å². The Balaban J connectivity index is 1.66. The number of aromatic amines is 1. The van der Waals surface area contributed by atoms with Gasteiger partial charge in [-0.1, -0.05) is 78.9 Å². The quantitative estimate of drug-likeness (QED) is 0.302. The van der Waals surface area contributed by atoms with Crippen molar-refractivity contribution >= 4 is 34.5 Å². The molecule has 0 saturated heterocycles. The Kier molecular flexibility index (Phi) is 7.47. The van der Waals surface area contributed by atoms with Gasteiger partial charge in [-0.05, 0) is 22.8 Å². The van der Waals surface area contributed by atoms with E-state index in [-0.39, 0.29) is 23.5 Å². The zero-order chi connectivity index (χ0) is 23.0. The number of carbonyl (C=O) groups is 2. The number of benzene rings is 3. The van der Waals surface area contributed by atoms with Gasteiger partial charge in [0.15, 0.2) is 0 Å². The van der Waals surface area contributed by atoms with E-state index in [1.165, 1.54) is 17.3 Å². The summed E-state index contributed by atoms with van der Waals surface area (Å²) in [5.74, 6) is 0.370. The van der Waals surface area contributed by atoms with Gasteiger partial charge in [-0.15, -0.1) is 0 Å². The van der Waals surface area contributed by atoms with E-state index in [4.69, 9.17) is 5.73 Å². The molecular formula is C27H27N3O2S. The van der Waals surface area contributed by atoms with Gasteiger partial charge in [0.05, 0.1) is 11.4 Å². The van der Waals surface area contributed by atoms with E-state index in [9.17, 15) is 9.59 Å². The van der Waals surface area contributed by atoms with Crippen LogP contribution in [0.25, 0.3) is 22.2 Å². The van der Waals surface area contributed by atoms with Gasteiger partial charge in [0.25, 0.3) is 0 Å². The summed E-state index contributed by atoms with van der Waals surface area (Å²) in [7, 11) is 0. The maximum Gasteiger partial charge on any atom is 0.227 e. The molecule has 2 amide bonds. The monoisotopic (exact) mass is 457 g/mol. The van der Waals surface area contributed by atoms with Crippen molar-refractivity contribution in [2.75, 3.05) is 18.1 Å². The molecule has 1 atom stereocenters. The number of rotatable bonds is 10. The first kappa shape index (κ1) is 22.7. The van der Waals surface area contributed by atoms with Crippen LogP contribution in [0.3, 0.4) is 0 Å². The van der Waals surface area contributed by atoms with E-state index in [0.717, 1.165) is 27.7 Å². The minimum Gasteiger partial charge on any atom is -0.369 e. The lowest BCUT2D eigenvalue weighted by Crippen LogP contribution is -2.29. The summed E-state index contributed by atoms with van der Waals surface area (Å²) in [5.41, 5.74) is 10.7. The van der Waals surface area contributed by atoms with E-state index < -0.39 is 0 Å². The highest BCUT2D eigenvalue weighted by atomic mass is 32.2. The zero-order valence-corrected chi connectivity index (χ0v) is 19.1. The zero-order valence-electron chi connectivity index (χ0n) is 18.3. The van der Waals surface area contributed by atoms with Crippen molar-refractivity contribution in [2.24, 2.45) is 5.73 Å². The smallest absolute Gasteiger partial charge is 0.227 e.